The average molecular weight is 180 g/mol. The van der Waals surface area contributed by atoms with Gasteiger partial charge in [-0.05, 0) is 18.9 Å². The largest absolute Gasteiger partial charge is 0.360 e. The van der Waals surface area contributed by atoms with Gasteiger partial charge in [0.25, 0.3) is 0 Å². The second kappa shape index (κ2) is 6.46. The molecule has 0 aromatic carbocycles. The fourth-order valence-electron chi connectivity index (χ4n) is 0.808. The summed E-state index contributed by atoms with van der Waals surface area (Å²) in [6.07, 6.45) is 4.12. The topological polar surface area (TPSA) is 15.6 Å². The zero-order valence-corrected chi connectivity index (χ0v) is 9.01. The van der Waals surface area contributed by atoms with Gasteiger partial charge in [-0.1, -0.05) is 26.5 Å². The van der Waals surface area contributed by atoms with Crippen molar-refractivity contribution in [3.8, 4) is 0 Å². The maximum Gasteiger partial charge on any atom is 0.120 e. The van der Waals surface area contributed by atoms with E-state index >= 15 is 0 Å². The van der Waals surface area contributed by atoms with Gasteiger partial charge in [0.2, 0.25) is 0 Å². The van der Waals surface area contributed by atoms with Crippen molar-refractivity contribution in [2.24, 2.45) is 4.99 Å². The van der Waals surface area contributed by atoms with Crippen LogP contribution in [-0.2, 0) is 0 Å². The van der Waals surface area contributed by atoms with E-state index in [1.165, 1.54) is 12.8 Å². The highest BCUT2D eigenvalue weighted by Crippen LogP contribution is 2.02. The summed E-state index contributed by atoms with van der Waals surface area (Å²) >= 11 is 0. The summed E-state index contributed by atoms with van der Waals surface area (Å²) in [5.74, 6) is 0.802. The van der Waals surface area contributed by atoms with Crippen molar-refractivity contribution in [1.29, 1.82) is 0 Å². The molecule has 0 spiro atoms. The summed E-state index contributed by atoms with van der Waals surface area (Å²) < 4.78 is 0. The normalized spacial score (nSPS) is 10.4. The Morgan fingerprint density at radius 1 is 1.46 bits per heavy atom. The Balaban J connectivity index is 3.89. The van der Waals surface area contributed by atoms with Crippen molar-refractivity contribution in [1.82, 2.24) is 4.90 Å². The third kappa shape index (κ3) is 6.14. The molecule has 0 unspecified atom stereocenters. The highest BCUT2D eigenvalue weighted by molar-refractivity contribution is 5.77. The van der Waals surface area contributed by atoms with Crippen molar-refractivity contribution in [2.75, 3.05) is 13.6 Å². The van der Waals surface area contributed by atoms with E-state index in [9.17, 15) is 0 Å². The van der Waals surface area contributed by atoms with Crippen molar-refractivity contribution >= 4 is 6.21 Å². The van der Waals surface area contributed by atoms with E-state index in [1.807, 2.05) is 14.0 Å². The summed E-state index contributed by atoms with van der Waals surface area (Å²) in [6, 6.07) is 0. The third-order valence-corrected chi connectivity index (χ3v) is 1.72. The summed E-state index contributed by atoms with van der Waals surface area (Å²) in [4.78, 5) is 6.24. The van der Waals surface area contributed by atoms with Gasteiger partial charge in [-0.25, -0.2) is 4.99 Å². The molecule has 2 nitrogen and oxygen atoms in total. The third-order valence-electron chi connectivity index (χ3n) is 1.72. The second-order valence-electron chi connectivity index (χ2n) is 3.30. The number of rotatable bonds is 6. The minimum Gasteiger partial charge on any atom is -0.360 e. The molecule has 0 saturated carbocycles. The van der Waals surface area contributed by atoms with Gasteiger partial charge in [-0.15, -0.1) is 0 Å². The number of hydrogen-bond donors (Lipinski definition) is 0. The number of nitrogens with zero attached hydrogens (tertiary/aromatic N) is 2. The second-order valence-corrected chi connectivity index (χ2v) is 3.30. The lowest BCUT2D eigenvalue weighted by Gasteiger charge is -2.17. The van der Waals surface area contributed by atoms with Crippen LogP contribution in [0.5, 0.6) is 0 Å². The number of unbranched alkanes of at least 4 members (excludes halogenated alkanes) is 1. The van der Waals surface area contributed by atoms with Gasteiger partial charge in [0.05, 0.1) is 0 Å². The molecule has 0 bridgehead atoms. The zero-order chi connectivity index (χ0) is 10.3. The van der Waals surface area contributed by atoms with E-state index in [2.05, 4.69) is 30.0 Å². The first-order valence-electron chi connectivity index (χ1n) is 4.67. The van der Waals surface area contributed by atoms with Crippen LogP contribution in [0.15, 0.2) is 29.5 Å². The molecule has 0 aromatic heterocycles. The fraction of sp³-hybridized carbons (Fsp3) is 0.545. The van der Waals surface area contributed by atoms with Gasteiger partial charge in [0, 0.05) is 19.8 Å². The quantitative estimate of drug-likeness (QED) is 0.574. The lowest BCUT2D eigenvalue weighted by molar-refractivity contribution is 0.405. The Bertz CT molecular complexity index is 204. The zero-order valence-electron chi connectivity index (χ0n) is 9.01. The van der Waals surface area contributed by atoms with E-state index in [-0.39, 0.29) is 0 Å². The molecule has 0 N–H and O–H groups in total. The first-order chi connectivity index (χ1) is 6.07. The smallest absolute Gasteiger partial charge is 0.120 e. The summed E-state index contributed by atoms with van der Waals surface area (Å²) in [5.41, 5.74) is 0.949. The molecule has 0 aliphatic heterocycles. The van der Waals surface area contributed by atoms with Gasteiger partial charge in [-0.3, -0.25) is 0 Å². The van der Waals surface area contributed by atoms with Crippen LogP contribution in [0.3, 0.4) is 0 Å². The predicted molar refractivity (Wildman–Crippen MR) is 60.0 cm³/mol. The molecule has 0 saturated heterocycles. The molecule has 0 aromatic rings. The van der Waals surface area contributed by atoms with Gasteiger partial charge in [-0.2, -0.15) is 0 Å². The summed E-state index contributed by atoms with van der Waals surface area (Å²) in [5, 5.41) is 0. The number of hydrogen-bond acceptors (Lipinski definition) is 2. The van der Waals surface area contributed by atoms with Gasteiger partial charge in [0.1, 0.15) is 5.82 Å². The fourth-order valence-corrected chi connectivity index (χ4v) is 0.808. The number of aliphatic imine (C=N–C) groups is 1. The van der Waals surface area contributed by atoms with Crippen molar-refractivity contribution < 1.29 is 0 Å². The van der Waals surface area contributed by atoms with Gasteiger partial charge >= 0.3 is 0 Å². The Kier molecular flexibility index (Phi) is 5.94. The molecule has 2 heteroatoms. The molecule has 0 aliphatic carbocycles. The molecule has 0 atom stereocenters. The van der Waals surface area contributed by atoms with Crippen LogP contribution in [0, 0.1) is 0 Å². The molecular weight excluding hydrogens is 160 g/mol. The van der Waals surface area contributed by atoms with Crippen LogP contribution in [0.4, 0.5) is 0 Å². The van der Waals surface area contributed by atoms with Crippen LogP contribution in [0.1, 0.15) is 26.7 Å². The monoisotopic (exact) mass is 180 g/mol. The number of allylic oxidation sites excluding steroid dienone is 1. The van der Waals surface area contributed by atoms with Gasteiger partial charge < -0.3 is 4.90 Å². The molecule has 74 valence electrons. The lowest BCUT2D eigenvalue weighted by Crippen LogP contribution is -2.17. The molecule has 0 rings (SSSR count). The molecule has 0 aliphatic rings. The molecule has 0 fully saturated rings. The highest BCUT2D eigenvalue weighted by atomic mass is 15.2. The van der Waals surface area contributed by atoms with Crippen LogP contribution < -0.4 is 0 Å². The maximum atomic E-state index is 4.18. The molecule has 13 heavy (non-hydrogen) atoms. The van der Waals surface area contributed by atoms with Crippen molar-refractivity contribution in [3.63, 3.8) is 0 Å². The van der Waals surface area contributed by atoms with E-state index in [0.29, 0.717) is 0 Å². The van der Waals surface area contributed by atoms with Gasteiger partial charge in [0.15, 0.2) is 0 Å². The van der Waals surface area contributed by atoms with Crippen molar-refractivity contribution in [2.45, 2.75) is 26.7 Å². The average Bonchev–Trinajstić information content (AvgIpc) is 2.10. The van der Waals surface area contributed by atoms with E-state index < -0.39 is 0 Å². The minimum absolute atomic E-state index is 0.802. The summed E-state index contributed by atoms with van der Waals surface area (Å²) in [6.45, 7) is 12.7. The van der Waals surface area contributed by atoms with Crippen molar-refractivity contribution in [3.05, 3.63) is 24.6 Å². The highest BCUT2D eigenvalue weighted by Gasteiger charge is 1.97. The van der Waals surface area contributed by atoms with E-state index in [0.717, 1.165) is 17.9 Å². The standard InChI is InChI=1S/C11H20N2/c1-6-7-8-13(5)11(4)12-9-10(2)3/h9H,2,4,6-8H2,1,3,5H3/b12-9-. The molecular formula is C11H20N2. The lowest BCUT2D eigenvalue weighted by atomic mass is 10.3. The van der Waals surface area contributed by atoms with Crippen LogP contribution in [-0.4, -0.2) is 24.7 Å². The minimum atomic E-state index is 0.802. The Morgan fingerprint density at radius 2 is 2.08 bits per heavy atom. The van der Waals surface area contributed by atoms with E-state index in [1.54, 1.807) is 6.21 Å². The Morgan fingerprint density at radius 3 is 2.54 bits per heavy atom. The maximum absolute atomic E-state index is 4.18. The first-order valence-corrected chi connectivity index (χ1v) is 4.67. The van der Waals surface area contributed by atoms with Crippen LogP contribution in [0.2, 0.25) is 0 Å². The Labute approximate surface area is 81.7 Å². The van der Waals surface area contributed by atoms with Crippen LogP contribution in [0.25, 0.3) is 0 Å². The molecule has 0 amide bonds. The molecule has 0 heterocycles. The molecule has 0 radical (unpaired) electrons. The van der Waals surface area contributed by atoms with E-state index in [4.69, 9.17) is 0 Å². The predicted octanol–water partition coefficient (Wildman–Crippen LogP) is 2.84. The van der Waals surface area contributed by atoms with Crippen LogP contribution >= 0.6 is 0 Å². The summed E-state index contributed by atoms with van der Waals surface area (Å²) in [7, 11) is 2.01. The SMILES string of the molecule is C=C(C)/C=N\C(=C)N(C)CCCC. The first kappa shape index (κ1) is 11.9. The Hall–Kier alpha value is -1.05.